The molecule has 0 spiro atoms. The molecule has 1 aliphatic heterocycles. The fraction of sp³-hybridized carbons (Fsp3) is 0.370. The summed E-state index contributed by atoms with van der Waals surface area (Å²) in [6.07, 6.45) is 1.23. The van der Waals surface area contributed by atoms with Crippen molar-refractivity contribution in [2.75, 3.05) is 30.8 Å². The Balaban J connectivity index is 1.56. The molecule has 38 heavy (non-hydrogen) atoms. The summed E-state index contributed by atoms with van der Waals surface area (Å²) in [7, 11) is -4.10. The van der Waals surface area contributed by atoms with Gasteiger partial charge in [0.2, 0.25) is 11.8 Å². The zero-order valence-electron chi connectivity index (χ0n) is 21.5. The Labute approximate surface area is 221 Å². The summed E-state index contributed by atoms with van der Waals surface area (Å²) in [6.45, 7) is 6.50. The second-order valence-electron chi connectivity index (χ2n) is 9.27. The van der Waals surface area contributed by atoms with E-state index in [-0.39, 0.29) is 47.4 Å². The summed E-state index contributed by atoms with van der Waals surface area (Å²) in [6, 6.07) is 13.1. The molecule has 2 heterocycles. The van der Waals surface area contributed by atoms with Gasteiger partial charge in [-0.15, -0.1) is 0 Å². The minimum absolute atomic E-state index is 0.0431. The highest BCUT2D eigenvalue weighted by Crippen LogP contribution is 2.27. The van der Waals surface area contributed by atoms with E-state index in [1.54, 1.807) is 52.8 Å². The van der Waals surface area contributed by atoms with E-state index in [2.05, 4.69) is 5.32 Å². The Morgan fingerprint density at radius 2 is 1.68 bits per heavy atom. The maximum Gasteiger partial charge on any atom is 0.340 e. The Morgan fingerprint density at radius 1 is 1.03 bits per heavy atom. The third-order valence-corrected chi connectivity index (χ3v) is 7.82. The molecule has 4 rings (SSSR count). The number of morpholine rings is 1. The molecule has 2 aromatic carbocycles. The van der Waals surface area contributed by atoms with E-state index >= 15 is 0 Å². The summed E-state index contributed by atoms with van der Waals surface area (Å²) in [5, 5.41) is 2.94. The van der Waals surface area contributed by atoms with Crippen molar-refractivity contribution in [2.24, 2.45) is 0 Å². The van der Waals surface area contributed by atoms with Crippen LogP contribution in [0.4, 0.5) is 5.69 Å². The lowest BCUT2D eigenvalue weighted by Gasteiger charge is -2.35. The van der Waals surface area contributed by atoms with Crippen LogP contribution in [0.15, 0.2) is 59.6 Å². The average Bonchev–Trinajstić information content (AvgIpc) is 3.23. The molecule has 10 nitrogen and oxygen atoms in total. The third kappa shape index (κ3) is 6.05. The van der Waals surface area contributed by atoms with Crippen molar-refractivity contribution in [1.82, 2.24) is 9.47 Å². The van der Waals surface area contributed by atoms with Crippen molar-refractivity contribution in [3.05, 3.63) is 60.3 Å². The number of para-hydroxylation sites is 2. The number of ether oxygens (including phenoxy) is 2. The number of anilines is 1. The molecule has 1 saturated heterocycles. The second kappa shape index (κ2) is 11.4. The predicted octanol–water partition coefficient (Wildman–Crippen LogP) is 2.87. The molecule has 0 aliphatic carbocycles. The summed E-state index contributed by atoms with van der Waals surface area (Å²) in [4.78, 5) is 39.8. The van der Waals surface area contributed by atoms with Crippen molar-refractivity contribution in [3.63, 3.8) is 0 Å². The lowest BCUT2D eigenvalue weighted by atomic mass is 10.2. The van der Waals surface area contributed by atoms with E-state index < -0.39 is 27.5 Å². The molecule has 202 valence electrons. The molecule has 2 unspecified atom stereocenters. The van der Waals surface area contributed by atoms with E-state index in [1.165, 1.54) is 18.3 Å². The smallest absolute Gasteiger partial charge is 0.340 e. The van der Waals surface area contributed by atoms with Crippen LogP contribution >= 0.6 is 0 Å². The molecule has 0 radical (unpaired) electrons. The number of esters is 1. The van der Waals surface area contributed by atoms with Crippen molar-refractivity contribution in [2.45, 2.75) is 44.4 Å². The molecule has 0 bridgehead atoms. The Bertz CT molecular complexity index is 1450. The van der Waals surface area contributed by atoms with Crippen LogP contribution in [-0.2, 0) is 35.4 Å². The number of rotatable bonds is 8. The predicted molar refractivity (Wildman–Crippen MR) is 142 cm³/mol. The number of hydrogen-bond acceptors (Lipinski definition) is 7. The number of nitrogens with one attached hydrogen (secondary N) is 1. The number of benzene rings is 2. The van der Waals surface area contributed by atoms with Gasteiger partial charge in [-0.3, -0.25) is 9.59 Å². The Kier molecular flexibility index (Phi) is 8.17. The first-order valence-corrected chi connectivity index (χ1v) is 14.0. The van der Waals surface area contributed by atoms with Crippen LogP contribution in [0.25, 0.3) is 10.9 Å². The monoisotopic (exact) mass is 541 g/mol. The number of nitrogens with zero attached hydrogens (tertiary/aromatic N) is 2. The second-order valence-corrected chi connectivity index (χ2v) is 11.2. The van der Waals surface area contributed by atoms with Gasteiger partial charge in [-0.2, -0.15) is 0 Å². The van der Waals surface area contributed by atoms with E-state index in [1.807, 2.05) is 13.8 Å². The number of fused-ring (bicyclic) bond motifs is 1. The molecule has 1 aromatic heterocycles. The minimum Gasteiger partial charge on any atom is -0.462 e. The van der Waals surface area contributed by atoms with Crippen LogP contribution in [0, 0.1) is 0 Å². The van der Waals surface area contributed by atoms with Crippen molar-refractivity contribution in [1.29, 1.82) is 0 Å². The molecular weight excluding hydrogens is 510 g/mol. The molecule has 1 fully saturated rings. The van der Waals surface area contributed by atoms with Crippen molar-refractivity contribution >= 4 is 44.2 Å². The molecule has 0 saturated carbocycles. The summed E-state index contributed by atoms with van der Waals surface area (Å²) < 4.78 is 39.1. The van der Waals surface area contributed by atoms with Crippen LogP contribution in [-0.4, -0.2) is 73.3 Å². The van der Waals surface area contributed by atoms with Gasteiger partial charge in [0.1, 0.15) is 12.3 Å². The van der Waals surface area contributed by atoms with Crippen molar-refractivity contribution in [3.8, 4) is 0 Å². The van der Waals surface area contributed by atoms with Crippen LogP contribution < -0.4 is 5.32 Å². The molecular formula is C27H31N3O7S. The van der Waals surface area contributed by atoms with Crippen LogP contribution in [0.5, 0.6) is 0 Å². The van der Waals surface area contributed by atoms with Gasteiger partial charge < -0.3 is 24.3 Å². The maximum atomic E-state index is 13.4. The summed E-state index contributed by atoms with van der Waals surface area (Å²) >= 11 is 0. The van der Waals surface area contributed by atoms with E-state index in [9.17, 15) is 22.8 Å². The molecule has 1 N–H and O–H groups in total. The SMILES string of the molecule is CCOC(=O)c1ccccc1NC(=O)CS(=O)(=O)c1cn(CC(=O)N2CC(C)OC(C)C2)c2ccccc12. The lowest BCUT2D eigenvalue weighted by molar-refractivity contribution is -0.143. The Hall–Kier alpha value is -3.70. The molecule has 11 heteroatoms. The van der Waals surface area contributed by atoms with Gasteiger partial charge in [0, 0.05) is 30.2 Å². The van der Waals surface area contributed by atoms with Gasteiger partial charge >= 0.3 is 5.97 Å². The van der Waals surface area contributed by atoms with Gasteiger partial charge in [0.15, 0.2) is 9.84 Å². The fourth-order valence-corrected chi connectivity index (χ4v) is 6.00. The summed E-state index contributed by atoms with van der Waals surface area (Å²) in [5.74, 6) is -2.41. The van der Waals surface area contributed by atoms with Gasteiger partial charge in [0.25, 0.3) is 0 Å². The molecule has 2 atom stereocenters. The van der Waals surface area contributed by atoms with Crippen molar-refractivity contribution < 1.29 is 32.3 Å². The van der Waals surface area contributed by atoms with Gasteiger partial charge in [-0.05, 0) is 39.0 Å². The van der Waals surface area contributed by atoms with Gasteiger partial charge in [-0.25, -0.2) is 13.2 Å². The first-order valence-electron chi connectivity index (χ1n) is 12.4. The fourth-order valence-electron chi connectivity index (χ4n) is 4.63. The van der Waals surface area contributed by atoms with Crippen LogP contribution in [0.1, 0.15) is 31.1 Å². The normalized spacial score (nSPS) is 17.8. The average molecular weight is 542 g/mol. The highest BCUT2D eigenvalue weighted by molar-refractivity contribution is 7.92. The number of carbonyl (C=O) groups is 3. The zero-order valence-corrected chi connectivity index (χ0v) is 22.4. The molecule has 3 aromatic rings. The van der Waals surface area contributed by atoms with Gasteiger partial charge in [-0.1, -0.05) is 30.3 Å². The molecule has 2 amide bonds. The maximum absolute atomic E-state index is 13.4. The number of hydrogen-bond donors (Lipinski definition) is 1. The minimum atomic E-state index is -4.10. The van der Waals surface area contributed by atoms with E-state index in [0.717, 1.165) is 0 Å². The highest BCUT2D eigenvalue weighted by Gasteiger charge is 2.28. The quantitative estimate of drug-likeness (QED) is 0.435. The summed E-state index contributed by atoms with van der Waals surface area (Å²) in [5.41, 5.74) is 0.858. The Morgan fingerprint density at radius 3 is 2.39 bits per heavy atom. The largest absolute Gasteiger partial charge is 0.462 e. The highest BCUT2D eigenvalue weighted by atomic mass is 32.2. The number of carbonyl (C=O) groups excluding carboxylic acids is 3. The topological polar surface area (TPSA) is 124 Å². The first kappa shape index (κ1) is 27.3. The number of amides is 2. The first-order chi connectivity index (χ1) is 18.1. The van der Waals surface area contributed by atoms with Crippen LogP contribution in [0.2, 0.25) is 0 Å². The van der Waals surface area contributed by atoms with Crippen LogP contribution in [0.3, 0.4) is 0 Å². The standard InChI is InChI=1S/C27H31N3O7S/c1-4-36-27(33)20-9-5-7-11-22(20)28-25(31)17-38(34,35)24-15-29(23-12-8-6-10-21(23)24)16-26(32)30-13-18(2)37-19(3)14-30/h5-12,15,18-19H,4,13-14,16-17H2,1-3H3,(H,28,31). The van der Waals surface area contributed by atoms with Gasteiger partial charge in [0.05, 0.1) is 35.0 Å². The number of sulfone groups is 1. The van der Waals surface area contributed by atoms with E-state index in [0.29, 0.717) is 24.0 Å². The lowest BCUT2D eigenvalue weighted by Crippen LogP contribution is -2.49. The van der Waals surface area contributed by atoms with E-state index in [4.69, 9.17) is 9.47 Å². The molecule has 1 aliphatic rings. The zero-order chi connectivity index (χ0) is 27.4. The third-order valence-electron chi connectivity index (χ3n) is 6.18. The number of aromatic nitrogens is 1.